The van der Waals surface area contributed by atoms with Crippen LogP contribution in [0.2, 0.25) is 0 Å². The summed E-state index contributed by atoms with van der Waals surface area (Å²) in [6, 6.07) is 12.9. The summed E-state index contributed by atoms with van der Waals surface area (Å²) >= 11 is 0. The summed E-state index contributed by atoms with van der Waals surface area (Å²) in [6.45, 7) is 8.47. The van der Waals surface area contributed by atoms with E-state index >= 15 is 0 Å². The molecule has 0 aliphatic rings. The Balaban J connectivity index is -0.000000550. The van der Waals surface area contributed by atoms with Crippen LogP contribution in [0.3, 0.4) is 0 Å². The molecule has 0 N–H and O–H groups in total. The normalized spacial score (nSPS) is 14.4. The lowest BCUT2D eigenvalue weighted by atomic mass is 9.88. The summed E-state index contributed by atoms with van der Waals surface area (Å²) in [7, 11) is 0. The first-order chi connectivity index (χ1) is 15.5. The highest BCUT2D eigenvalue weighted by Crippen LogP contribution is 2.25. The summed E-state index contributed by atoms with van der Waals surface area (Å²) in [6.07, 6.45) is 28.2. The zero-order valence-corrected chi connectivity index (χ0v) is 20.8. The lowest BCUT2D eigenvalue weighted by Crippen LogP contribution is -2.03. The molecule has 32 heavy (non-hydrogen) atoms. The van der Waals surface area contributed by atoms with Crippen LogP contribution in [0.5, 0.6) is 0 Å². The molecule has 0 spiro atoms. The van der Waals surface area contributed by atoms with Crippen LogP contribution >= 0.6 is 0 Å². The second-order valence-corrected chi connectivity index (χ2v) is 8.45. The summed E-state index contributed by atoms with van der Waals surface area (Å²) in [5, 5.41) is 8.66. The van der Waals surface area contributed by atoms with E-state index in [1.165, 1.54) is 5.56 Å². The van der Waals surface area contributed by atoms with E-state index in [-0.39, 0.29) is 14.7 Å². The minimum Gasteiger partial charge on any atom is -0.198 e. The summed E-state index contributed by atoms with van der Waals surface area (Å²) in [4.78, 5) is 0. The van der Waals surface area contributed by atoms with Gasteiger partial charge in [-0.15, -0.1) is 24.7 Å². The van der Waals surface area contributed by atoms with Crippen LogP contribution in [0.1, 0.15) is 93.4 Å². The van der Waals surface area contributed by atoms with Crippen LogP contribution in [0, 0.1) is 53.8 Å². The molecule has 1 nitrogen and oxygen atoms in total. The Hall–Kier alpha value is -2.69. The van der Waals surface area contributed by atoms with Crippen LogP contribution < -0.4 is 0 Å². The largest absolute Gasteiger partial charge is 0.198 e. The Morgan fingerprint density at radius 2 is 1.34 bits per heavy atom. The maximum absolute atomic E-state index is 8.66. The van der Waals surface area contributed by atoms with E-state index in [9.17, 15) is 0 Å². The first kappa shape index (κ1) is 29.3. The molecule has 0 aromatic heterocycles. The zero-order chi connectivity index (χ0) is 24.0. The molecule has 0 amide bonds. The molecule has 0 saturated heterocycles. The van der Waals surface area contributed by atoms with Gasteiger partial charge in [-0.05, 0) is 69.8 Å². The van der Waals surface area contributed by atoms with Crippen molar-refractivity contribution in [2.45, 2.75) is 85.0 Å². The fourth-order valence-electron chi connectivity index (χ4n) is 3.53. The number of allylic oxidation sites excluding steroid dienone is 4. The third-order valence-corrected chi connectivity index (χ3v) is 5.50. The van der Waals surface area contributed by atoms with E-state index < -0.39 is 0 Å². The highest BCUT2D eigenvalue weighted by molar-refractivity contribution is 5.19. The summed E-state index contributed by atoms with van der Waals surface area (Å²) in [5.74, 6) is 6.97. The van der Waals surface area contributed by atoms with E-state index in [2.05, 4.69) is 93.3 Å². The highest BCUT2D eigenvalue weighted by Gasteiger charge is 2.12. The molecule has 0 fully saturated rings. The fourth-order valence-corrected chi connectivity index (χ4v) is 3.53. The first-order valence-corrected chi connectivity index (χ1v) is 12.2. The van der Waals surface area contributed by atoms with Gasteiger partial charge in [-0.1, -0.05) is 75.4 Å². The average molecular weight is 434 g/mol. The van der Waals surface area contributed by atoms with Crippen LogP contribution in [0.4, 0.5) is 0 Å². The Labute approximate surface area is 202 Å². The lowest BCUT2D eigenvalue weighted by molar-refractivity contribution is 0.503. The summed E-state index contributed by atoms with van der Waals surface area (Å²) in [5.41, 5.74) is 1.39. The number of nitriles is 1. The number of nitrogens with zero attached hydrogens (tertiary/aromatic N) is 1. The zero-order valence-electron chi connectivity index (χ0n) is 20.8. The molecule has 4 atom stereocenters. The Kier molecular flexibility index (Phi) is 18.5. The van der Waals surface area contributed by atoms with Gasteiger partial charge in [0.2, 0.25) is 0 Å². The van der Waals surface area contributed by atoms with E-state index in [1.54, 1.807) is 0 Å². The quantitative estimate of drug-likeness (QED) is 0.225. The van der Waals surface area contributed by atoms with Gasteiger partial charge in [-0.3, -0.25) is 0 Å². The first-order valence-electron chi connectivity index (χ1n) is 12.2. The van der Waals surface area contributed by atoms with Crippen molar-refractivity contribution in [3.05, 3.63) is 60.2 Å². The van der Waals surface area contributed by atoms with Crippen molar-refractivity contribution in [1.29, 1.82) is 5.26 Å². The van der Waals surface area contributed by atoms with Crippen molar-refractivity contribution >= 4 is 0 Å². The standard InChI is InChI=1S/C18H24.C13H19N.2H2/c1-4-6-7-9-12-17(5-2)15-16(3)18-13-10-8-11-14-18;1-4-6-7-8-9-13(5-2)10-12(3)11-14;;/h2,6-8,10-11,13-14,16-17H,4,9,12,15H2,1,3H3;2,6-7,12-13H,4,8-10H2,1,3H3;2*1H. The third-order valence-electron chi connectivity index (χ3n) is 5.50. The number of hydrogen-bond donors (Lipinski definition) is 0. The van der Waals surface area contributed by atoms with Crippen molar-refractivity contribution in [2.75, 3.05) is 0 Å². The number of benzene rings is 1. The molecular weight excluding hydrogens is 386 g/mol. The topological polar surface area (TPSA) is 23.8 Å². The van der Waals surface area contributed by atoms with Gasteiger partial charge in [0.05, 0.1) is 6.07 Å². The predicted octanol–water partition coefficient (Wildman–Crippen LogP) is 9.20. The van der Waals surface area contributed by atoms with Gasteiger partial charge in [0, 0.05) is 20.6 Å². The number of rotatable bonds is 13. The molecule has 0 aliphatic heterocycles. The molecule has 0 saturated carbocycles. The van der Waals surface area contributed by atoms with Crippen molar-refractivity contribution in [3.63, 3.8) is 0 Å². The van der Waals surface area contributed by atoms with E-state index in [0.29, 0.717) is 11.8 Å². The average Bonchev–Trinajstić information content (AvgIpc) is 2.83. The smallest absolute Gasteiger partial charge is 0.0653 e. The molecule has 4 unspecified atom stereocenters. The third kappa shape index (κ3) is 15.2. The van der Waals surface area contributed by atoms with Gasteiger partial charge in [0.25, 0.3) is 0 Å². The molecule has 0 aliphatic carbocycles. The number of hydrogen-bond acceptors (Lipinski definition) is 1. The lowest BCUT2D eigenvalue weighted by Gasteiger charge is -2.16. The SMILES string of the molecule is C#CC(CCC=CCC)CC(C)C#N.C#CC(CCC=CCC)CC(C)c1ccccc1.[HH].[HH]. The van der Waals surface area contributed by atoms with Gasteiger partial charge in [-0.25, -0.2) is 0 Å². The van der Waals surface area contributed by atoms with Crippen molar-refractivity contribution in [3.8, 4) is 30.8 Å². The van der Waals surface area contributed by atoms with Gasteiger partial charge in [-0.2, -0.15) is 5.26 Å². The molecule has 0 heterocycles. The van der Waals surface area contributed by atoms with Gasteiger partial charge in [0.1, 0.15) is 0 Å². The minimum absolute atomic E-state index is 0. The molecular formula is C31H47N. The Morgan fingerprint density at radius 1 is 0.844 bits per heavy atom. The number of terminal acetylenes is 2. The maximum atomic E-state index is 8.66. The minimum atomic E-state index is 0. The Bertz CT molecular complexity index is 761. The second-order valence-electron chi connectivity index (χ2n) is 8.45. The van der Waals surface area contributed by atoms with E-state index in [1.807, 2.05) is 6.92 Å². The van der Waals surface area contributed by atoms with Crippen LogP contribution in [-0.2, 0) is 0 Å². The Morgan fingerprint density at radius 3 is 1.78 bits per heavy atom. The summed E-state index contributed by atoms with van der Waals surface area (Å²) < 4.78 is 0. The van der Waals surface area contributed by atoms with Crippen molar-refractivity contribution in [2.24, 2.45) is 17.8 Å². The van der Waals surface area contributed by atoms with Crippen LogP contribution in [-0.4, -0.2) is 0 Å². The van der Waals surface area contributed by atoms with Gasteiger partial charge >= 0.3 is 0 Å². The molecule has 0 bridgehead atoms. The fraction of sp³-hybridized carbons (Fsp3) is 0.516. The molecule has 1 rings (SSSR count). The molecule has 1 aromatic rings. The molecule has 1 aromatic carbocycles. The molecule has 1 heteroatoms. The molecule has 0 radical (unpaired) electrons. The monoisotopic (exact) mass is 433 g/mol. The van der Waals surface area contributed by atoms with E-state index in [0.717, 1.165) is 51.4 Å². The van der Waals surface area contributed by atoms with Gasteiger partial charge in [0.15, 0.2) is 0 Å². The van der Waals surface area contributed by atoms with E-state index in [4.69, 9.17) is 18.1 Å². The maximum Gasteiger partial charge on any atom is 0.0653 e. The van der Waals surface area contributed by atoms with Gasteiger partial charge < -0.3 is 0 Å². The van der Waals surface area contributed by atoms with Crippen molar-refractivity contribution in [1.82, 2.24) is 0 Å². The highest BCUT2D eigenvalue weighted by atomic mass is 14.3. The van der Waals surface area contributed by atoms with Crippen LogP contribution in [0.15, 0.2) is 54.6 Å². The predicted molar refractivity (Wildman–Crippen MR) is 145 cm³/mol. The molecule has 176 valence electrons. The van der Waals surface area contributed by atoms with Crippen molar-refractivity contribution < 1.29 is 2.85 Å². The van der Waals surface area contributed by atoms with Crippen LogP contribution in [0.25, 0.3) is 0 Å². The second kappa shape index (κ2) is 20.2.